The Bertz CT molecular complexity index is 1800. The van der Waals surface area contributed by atoms with Crippen LogP contribution >= 0.6 is 67.8 Å². The molecule has 0 spiro atoms. The number of amides is 3. The lowest BCUT2D eigenvalue weighted by atomic mass is 9.93. The molecule has 0 aliphatic carbocycles. The molecule has 6 heterocycles. The number of ether oxygens (including phenoxy) is 11. The number of nitrogens with one attached hydrogen (secondary N) is 3. The van der Waals surface area contributed by atoms with Crippen LogP contribution in [-0.2, 0) is 66.5 Å². The molecule has 6 fully saturated rings. The highest BCUT2D eigenvalue weighted by Gasteiger charge is 2.72. The van der Waals surface area contributed by atoms with Gasteiger partial charge in [-0.3, -0.25) is 19.2 Å². The smallest absolute Gasteiger partial charge is 0.302 e. The molecule has 5 N–H and O–H groups in total. The summed E-state index contributed by atoms with van der Waals surface area (Å²) in [6.07, 6.45) is -10.3. The number of anilines is 2. The minimum Gasteiger partial charge on any atom is -0.464 e. The lowest BCUT2D eigenvalue weighted by Gasteiger charge is -2.52. The molecular formula is C35H44I3N3O17. The van der Waals surface area contributed by atoms with Crippen LogP contribution < -0.4 is 16.0 Å². The summed E-state index contributed by atoms with van der Waals surface area (Å²) in [7, 11) is 0. The molecule has 6 aliphatic rings. The molecule has 1 aromatic carbocycles. The van der Waals surface area contributed by atoms with Crippen LogP contribution in [-0.4, -0.2) is 131 Å². The van der Waals surface area contributed by atoms with Gasteiger partial charge in [-0.05, 0) is 123 Å². The first kappa shape index (κ1) is 44.9. The van der Waals surface area contributed by atoms with E-state index < -0.39 is 108 Å². The highest BCUT2D eigenvalue weighted by atomic mass is 127. The third-order valence-corrected chi connectivity index (χ3v) is 13.0. The number of benzene rings is 1. The van der Waals surface area contributed by atoms with E-state index in [-0.39, 0.29) is 40.8 Å². The maximum absolute atomic E-state index is 14.7. The number of esters is 1. The highest BCUT2D eigenvalue weighted by molar-refractivity contribution is 14.1. The van der Waals surface area contributed by atoms with Crippen molar-refractivity contribution in [1.29, 1.82) is 0 Å². The molecule has 322 valence electrons. The Morgan fingerprint density at radius 1 is 0.621 bits per heavy atom. The van der Waals surface area contributed by atoms with Gasteiger partial charge in [0.25, 0.3) is 29.3 Å². The van der Waals surface area contributed by atoms with E-state index in [1.165, 1.54) is 6.92 Å². The molecule has 7 rings (SSSR count). The number of aliphatic hydroxyl groups excluding tert-OH is 2. The number of hydrogen-bond donors (Lipinski definition) is 5. The lowest BCUT2D eigenvalue weighted by molar-refractivity contribution is -0.451. The summed E-state index contributed by atoms with van der Waals surface area (Å²) in [5.74, 6) is -12.7. The van der Waals surface area contributed by atoms with Crippen LogP contribution in [0.5, 0.6) is 0 Å². The van der Waals surface area contributed by atoms with E-state index in [2.05, 4.69) is 16.0 Å². The van der Waals surface area contributed by atoms with Crippen LogP contribution in [0.25, 0.3) is 0 Å². The summed E-state index contributed by atoms with van der Waals surface area (Å²) in [5, 5.41) is 30.5. The second-order valence-corrected chi connectivity index (χ2v) is 19.4. The summed E-state index contributed by atoms with van der Waals surface area (Å²) in [6.45, 7) is 13.8. The lowest BCUT2D eigenvalue weighted by Crippen LogP contribution is -2.72. The molecular weight excluding hydrogens is 1120 g/mol. The van der Waals surface area contributed by atoms with Crippen molar-refractivity contribution < 1.29 is 81.5 Å². The van der Waals surface area contributed by atoms with Crippen LogP contribution in [0.3, 0.4) is 0 Å². The van der Waals surface area contributed by atoms with Crippen molar-refractivity contribution in [3.8, 4) is 0 Å². The number of aliphatic hydroxyl groups is 2. The van der Waals surface area contributed by atoms with E-state index in [4.69, 9.17) is 52.1 Å². The molecule has 20 nitrogen and oxygen atoms in total. The number of carbonyl (C=O) groups is 4. The Kier molecular flexibility index (Phi) is 11.8. The standard InChI is InChI=1S/C35H44I3N3O17/c1-12(42)48-11-10-39-25(45)13-14(36)17(40-28(46)34-23(51-32(6,7)57-34)21-19(43)26(55-34)53-30(2,3)49-21)16(38)18(15(13)37)41-29(47)35-24(52-33(8,9)58-35)22-20(44)27(56-35)54-31(4,5)50-22/h19-24,26-27,43-44H,10-11H2,1-9H3,(H,39,45)(H,40,46)(H,41,47)/t19-,20-,21-,22-,23+,24+,26?,27?,34+,35+/m1/s1. The zero-order valence-electron chi connectivity index (χ0n) is 32.7. The van der Waals surface area contributed by atoms with Crippen molar-refractivity contribution in [1.82, 2.24) is 5.32 Å². The number of rotatable bonds is 8. The van der Waals surface area contributed by atoms with Crippen molar-refractivity contribution in [2.75, 3.05) is 23.8 Å². The Morgan fingerprint density at radius 3 is 1.43 bits per heavy atom. The van der Waals surface area contributed by atoms with Crippen molar-refractivity contribution in [3.05, 3.63) is 16.3 Å². The fourth-order valence-electron chi connectivity index (χ4n) is 7.67. The van der Waals surface area contributed by atoms with Gasteiger partial charge in [0.1, 0.15) is 31.0 Å². The number of carbonyl (C=O) groups excluding carboxylic acids is 4. The molecule has 6 aliphatic heterocycles. The Labute approximate surface area is 373 Å². The second kappa shape index (κ2) is 15.3. The first-order valence-electron chi connectivity index (χ1n) is 18.2. The van der Waals surface area contributed by atoms with Crippen LogP contribution in [0.1, 0.15) is 72.7 Å². The second-order valence-electron chi connectivity index (χ2n) is 16.1. The van der Waals surface area contributed by atoms with Crippen molar-refractivity contribution in [3.63, 3.8) is 0 Å². The van der Waals surface area contributed by atoms with Crippen molar-refractivity contribution >= 4 is 103 Å². The van der Waals surface area contributed by atoms with E-state index in [0.29, 0.717) is 0 Å². The predicted molar refractivity (Wildman–Crippen MR) is 218 cm³/mol. The molecule has 1 aromatic rings. The number of hydrogen-bond acceptors (Lipinski definition) is 17. The minimum absolute atomic E-state index is 0.0153. The molecule has 4 bridgehead atoms. The van der Waals surface area contributed by atoms with Gasteiger partial charge < -0.3 is 78.3 Å². The van der Waals surface area contributed by atoms with Crippen LogP contribution in [0.2, 0.25) is 0 Å². The van der Waals surface area contributed by atoms with E-state index in [9.17, 15) is 29.4 Å². The quantitative estimate of drug-likeness (QED) is 0.142. The molecule has 0 saturated carbocycles. The van der Waals surface area contributed by atoms with Gasteiger partial charge in [-0.25, -0.2) is 0 Å². The molecule has 0 aromatic heterocycles. The van der Waals surface area contributed by atoms with Gasteiger partial charge in [0.15, 0.2) is 47.9 Å². The van der Waals surface area contributed by atoms with E-state index in [1.54, 1.807) is 55.4 Å². The summed E-state index contributed by atoms with van der Waals surface area (Å²) >= 11 is 5.69. The third kappa shape index (κ3) is 7.89. The molecule has 0 radical (unpaired) electrons. The fourth-order valence-corrected chi connectivity index (χ4v) is 11.9. The van der Waals surface area contributed by atoms with Gasteiger partial charge >= 0.3 is 5.97 Å². The monoisotopic (exact) mass is 1160 g/mol. The summed E-state index contributed by atoms with van der Waals surface area (Å²) < 4.78 is 66.4. The average molecular weight is 1160 g/mol. The first-order chi connectivity index (χ1) is 26.7. The molecule has 2 unspecified atom stereocenters. The topological polar surface area (TPSA) is 246 Å². The first-order valence-corrected chi connectivity index (χ1v) is 21.4. The molecule has 58 heavy (non-hydrogen) atoms. The van der Waals surface area contributed by atoms with Crippen LogP contribution in [0, 0.1) is 10.7 Å². The minimum atomic E-state index is -2.24. The summed E-state index contributed by atoms with van der Waals surface area (Å²) in [5.41, 5.74) is 0.0964. The van der Waals surface area contributed by atoms with Gasteiger partial charge in [-0.1, -0.05) is 0 Å². The third-order valence-electron chi connectivity index (χ3n) is 9.76. The Hall–Kier alpha value is -1.19. The molecule has 23 heteroatoms. The largest absolute Gasteiger partial charge is 0.464 e. The van der Waals surface area contributed by atoms with Gasteiger partial charge in [0.05, 0.1) is 34.2 Å². The van der Waals surface area contributed by atoms with Gasteiger partial charge in [-0.2, -0.15) is 0 Å². The van der Waals surface area contributed by atoms with E-state index >= 15 is 0 Å². The predicted octanol–water partition coefficient (Wildman–Crippen LogP) is 2.10. The fraction of sp³-hybridized carbons (Fsp3) is 0.714. The van der Waals surface area contributed by atoms with E-state index in [0.717, 1.165) is 0 Å². The normalized spacial score (nSPS) is 37.2. The highest BCUT2D eigenvalue weighted by Crippen LogP contribution is 2.52. The zero-order chi connectivity index (χ0) is 42.7. The van der Waals surface area contributed by atoms with Crippen LogP contribution in [0.4, 0.5) is 11.4 Å². The van der Waals surface area contributed by atoms with Gasteiger partial charge in [0, 0.05) is 6.92 Å². The Morgan fingerprint density at radius 2 is 1.03 bits per heavy atom. The SMILES string of the molecule is CC(=O)OCCNC(=O)c1c(I)c(NC(=O)[C@]23OC4OC(C)(C)O[C@H]([C@H]4O)[C@@H]2OC(C)(C)O3)c(I)c(NC(=O)[C@]23OC4OC(C)(C)O[C@H]([C@H]4O)[C@@H]2OC(C)(C)O3)c1I. The van der Waals surface area contributed by atoms with Gasteiger partial charge in [-0.15, -0.1) is 0 Å². The zero-order valence-corrected chi connectivity index (χ0v) is 39.2. The Balaban J connectivity index is 1.28. The van der Waals surface area contributed by atoms with E-state index in [1.807, 2.05) is 67.8 Å². The number of halogens is 3. The maximum Gasteiger partial charge on any atom is 0.302 e. The maximum atomic E-state index is 14.7. The average Bonchev–Trinajstić information content (AvgIpc) is 3.54. The molecule has 3 amide bonds. The summed E-state index contributed by atoms with van der Waals surface area (Å²) in [4.78, 5) is 54.8. The van der Waals surface area contributed by atoms with Crippen molar-refractivity contribution in [2.24, 2.45) is 0 Å². The summed E-state index contributed by atoms with van der Waals surface area (Å²) in [6, 6.07) is 0. The molecule has 10 atom stereocenters. The number of fused-ring (bicyclic) bond motifs is 8. The molecule has 6 saturated heterocycles. The van der Waals surface area contributed by atoms with Crippen LogP contribution in [0.15, 0.2) is 0 Å². The van der Waals surface area contributed by atoms with Gasteiger partial charge in [0.2, 0.25) is 0 Å². The van der Waals surface area contributed by atoms with Crippen molar-refractivity contribution in [2.45, 2.75) is 146 Å².